The number of benzene rings is 1. The first-order valence-corrected chi connectivity index (χ1v) is 6.07. The van der Waals surface area contributed by atoms with Gasteiger partial charge in [0.2, 0.25) is 0 Å². The summed E-state index contributed by atoms with van der Waals surface area (Å²) < 4.78 is 12.4. The molecule has 2 aliphatic heterocycles. The molecule has 0 saturated carbocycles. The maximum atomic E-state index is 6.10. The smallest absolute Gasteiger partial charge is 0.133 e. The summed E-state index contributed by atoms with van der Waals surface area (Å²) in [5.41, 5.74) is 1.82. The summed E-state index contributed by atoms with van der Waals surface area (Å²) in [5, 5.41) is 0. The Morgan fingerprint density at radius 2 is 1.88 bits per heavy atom. The molecule has 84 valence electrons. The van der Waals surface area contributed by atoms with Crippen LogP contribution in [0.2, 0.25) is 0 Å². The normalized spacial score (nSPS) is 34.2. The molecule has 2 atom stereocenters. The van der Waals surface area contributed by atoms with Crippen LogP contribution in [0.4, 0.5) is 0 Å². The molecule has 0 fully saturated rings. The Morgan fingerprint density at radius 3 is 2.56 bits per heavy atom. The van der Waals surface area contributed by atoms with Crippen molar-refractivity contribution in [1.29, 1.82) is 0 Å². The van der Waals surface area contributed by atoms with Crippen LogP contribution < -0.4 is 4.74 Å². The average Bonchev–Trinajstić information content (AvgIpc) is 2.66. The summed E-state index contributed by atoms with van der Waals surface area (Å²) in [7, 11) is 1.68. The molecule has 0 N–H and O–H groups in total. The van der Waals surface area contributed by atoms with Crippen LogP contribution in [-0.4, -0.2) is 7.11 Å². The van der Waals surface area contributed by atoms with Gasteiger partial charge in [-0.15, -0.1) is 0 Å². The predicted octanol–water partition coefficient (Wildman–Crippen LogP) is 3.49. The van der Waals surface area contributed by atoms with E-state index >= 15 is 0 Å². The fourth-order valence-corrected chi connectivity index (χ4v) is 3.62. The van der Waals surface area contributed by atoms with Crippen LogP contribution >= 0.6 is 15.9 Å². The van der Waals surface area contributed by atoms with E-state index in [-0.39, 0.29) is 11.2 Å². The monoisotopic (exact) mass is 280 g/mol. The second kappa shape index (κ2) is 2.90. The van der Waals surface area contributed by atoms with Crippen LogP contribution in [-0.2, 0) is 15.9 Å². The van der Waals surface area contributed by atoms with Crippen LogP contribution in [0.5, 0.6) is 5.75 Å². The zero-order chi connectivity index (χ0) is 11.6. The highest BCUT2D eigenvalue weighted by Crippen LogP contribution is 2.57. The van der Waals surface area contributed by atoms with Crippen molar-refractivity contribution in [3.05, 3.63) is 39.9 Å². The molecular formula is C13H13BrO2. The van der Waals surface area contributed by atoms with Gasteiger partial charge in [0.25, 0.3) is 0 Å². The minimum atomic E-state index is -0.322. The molecule has 1 aromatic carbocycles. The third-order valence-corrected chi connectivity index (χ3v) is 4.29. The average molecular weight is 281 g/mol. The van der Waals surface area contributed by atoms with Gasteiger partial charge < -0.3 is 9.47 Å². The zero-order valence-corrected chi connectivity index (χ0v) is 11.1. The van der Waals surface area contributed by atoms with Gasteiger partial charge in [-0.05, 0) is 53.6 Å². The highest BCUT2D eigenvalue weighted by molar-refractivity contribution is 9.10. The first-order valence-electron chi connectivity index (χ1n) is 5.28. The molecule has 2 aliphatic rings. The van der Waals surface area contributed by atoms with Crippen molar-refractivity contribution < 1.29 is 9.47 Å². The van der Waals surface area contributed by atoms with Crippen molar-refractivity contribution in [2.24, 2.45) is 0 Å². The van der Waals surface area contributed by atoms with E-state index in [1.807, 2.05) is 6.07 Å². The maximum Gasteiger partial charge on any atom is 0.133 e. The van der Waals surface area contributed by atoms with Gasteiger partial charge in [0.1, 0.15) is 17.0 Å². The summed E-state index contributed by atoms with van der Waals surface area (Å²) in [6.45, 7) is 4.18. The van der Waals surface area contributed by atoms with Crippen molar-refractivity contribution in [2.45, 2.75) is 25.0 Å². The number of hydrogen-bond acceptors (Lipinski definition) is 2. The SMILES string of the molecule is COc1ccc2c(c1Br)[C@@]1(C)C=C[C@]2(C)O1. The van der Waals surface area contributed by atoms with Gasteiger partial charge in [0, 0.05) is 5.56 Å². The van der Waals surface area contributed by atoms with Crippen LogP contribution in [0.1, 0.15) is 25.0 Å². The third-order valence-electron chi connectivity index (χ3n) is 3.50. The fourth-order valence-electron chi connectivity index (χ4n) is 2.72. The molecule has 2 nitrogen and oxygen atoms in total. The predicted molar refractivity (Wildman–Crippen MR) is 65.6 cm³/mol. The summed E-state index contributed by atoms with van der Waals surface area (Å²) in [6, 6.07) is 4.07. The zero-order valence-electron chi connectivity index (χ0n) is 9.50. The molecule has 2 heterocycles. The van der Waals surface area contributed by atoms with E-state index in [1.165, 1.54) is 11.1 Å². The molecular weight excluding hydrogens is 268 g/mol. The van der Waals surface area contributed by atoms with Gasteiger partial charge in [0.05, 0.1) is 11.6 Å². The Morgan fingerprint density at radius 1 is 1.19 bits per heavy atom. The molecule has 1 aromatic rings. The highest BCUT2D eigenvalue weighted by Gasteiger charge is 2.52. The lowest BCUT2D eigenvalue weighted by Crippen LogP contribution is -2.17. The van der Waals surface area contributed by atoms with Crippen LogP contribution in [0, 0.1) is 0 Å². The molecule has 16 heavy (non-hydrogen) atoms. The largest absolute Gasteiger partial charge is 0.496 e. The molecule has 0 aliphatic carbocycles. The second-order valence-corrected chi connectivity index (χ2v) is 5.45. The van der Waals surface area contributed by atoms with E-state index in [2.05, 4.69) is 48.0 Å². The maximum absolute atomic E-state index is 6.10. The Balaban J connectivity index is 2.32. The van der Waals surface area contributed by atoms with Gasteiger partial charge in [-0.3, -0.25) is 0 Å². The van der Waals surface area contributed by atoms with Crippen LogP contribution in [0.25, 0.3) is 0 Å². The molecule has 0 spiro atoms. The standard InChI is InChI=1S/C13H13BrO2/c1-12-6-7-13(2,16-12)10-8(12)4-5-9(15-3)11(10)14/h4-7H,1-3H3/t12-,13+/m0/s1. The van der Waals surface area contributed by atoms with Crippen LogP contribution in [0.3, 0.4) is 0 Å². The highest BCUT2D eigenvalue weighted by atomic mass is 79.9. The molecule has 2 bridgehead atoms. The molecule has 0 unspecified atom stereocenters. The van der Waals surface area contributed by atoms with Crippen molar-refractivity contribution >= 4 is 15.9 Å². The van der Waals surface area contributed by atoms with Gasteiger partial charge in [-0.25, -0.2) is 0 Å². The lowest BCUT2D eigenvalue weighted by molar-refractivity contribution is -0.0497. The summed E-state index contributed by atoms with van der Waals surface area (Å²) in [6.07, 6.45) is 4.26. The van der Waals surface area contributed by atoms with Crippen molar-refractivity contribution in [1.82, 2.24) is 0 Å². The van der Waals surface area contributed by atoms with E-state index in [0.717, 1.165) is 10.2 Å². The second-order valence-electron chi connectivity index (χ2n) is 4.65. The van der Waals surface area contributed by atoms with Gasteiger partial charge in [-0.2, -0.15) is 0 Å². The number of methoxy groups -OCH3 is 1. The Bertz CT molecular complexity index is 509. The number of halogens is 1. The van der Waals surface area contributed by atoms with E-state index in [4.69, 9.17) is 9.47 Å². The minimum absolute atomic E-state index is 0.279. The lowest BCUT2D eigenvalue weighted by Gasteiger charge is -2.20. The topological polar surface area (TPSA) is 18.5 Å². The summed E-state index contributed by atoms with van der Waals surface area (Å²) in [5.74, 6) is 0.855. The fraction of sp³-hybridized carbons (Fsp3) is 0.385. The third kappa shape index (κ3) is 1.05. The number of rotatable bonds is 1. The number of fused-ring (bicyclic) bond motifs is 5. The van der Waals surface area contributed by atoms with Crippen molar-refractivity contribution in [3.63, 3.8) is 0 Å². The number of hydrogen-bond donors (Lipinski definition) is 0. The Labute approximate surface area is 103 Å². The van der Waals surface area contributed by atoms with Crippen molar-refractivity contribution in [3.8, 4) is 5.75 Å². The molecule has 3 rings (SSSR count). The minimum Gasteiger partial charge on any atom is -0.496 e. The van der Waals surface area contributed by atoms with E-state index in [0.29, 0.717) is 0 Å². The lowest BCUT2D eigenvalue weighted by atomic mass is 9.83. The van der Waals surface area contributed by atoms with Gasteiger partial charge >= 0.3 is 0 Å². The van der Waals surface area contributed by atoms with Crippen molar-refractivity contribution in [2.75, 3.05) is 7.11 Å². The van der Waals surface area contributed by atoms with Gasteiger partial charge in [-0.1, -0.05) is 6.07 Å². The van der Waals surface area contributed by atoms with E-state index in [9.17, 15) is 0 Å². The molecule has 0 amide bonds. The number of ether oxygens (including phenoxy) is 2. The first-order chi connectivity index (χ1) is 7.50. The van der Waals surface area contributed by atoms with Gasteiger partial charge in [0.15, 0.2) is 0 Å². The summed E-state index contributed by atoms with van der Waals surface area (Å²) in [4.78, 5) is 0. The molecule has 0 aromatic heterocycles. The molecule has 3 heteroatoms. The molecule has 0 radical (unpaired) electrons. The van der Waals surface area contributed by atoms with E-state index in [1.54, 1.807) is 7.11 Å². The quantitative estimate of drug-likeness (QED) is 0.734. The van der Waals surface area contributed by atoms with Crippen LogP contribution in [0.15, 0.2) is 28.8 Å². The molecule has 0 saturated heterocycles. The first kappa shape index (κ1) is 10.4. The Hall–Kier alpha value is -0.800. The summed E-state index contributed by atoms with van der Waals surface area (Å²) >= 11 is 3.61. The Kier molecular flexibility index (Phi) is 1.88. The van der Waals surface area contributed by atoms with E-state index < -0.39 is 0 Å².